The van der Waals surface area contributed by atoms with E-state index in [2.05, 4.69) is 20.9 Å². The van der Waals surface area contributed by atoms with Gasteiger partial charge in [0.1, 0.15) is 11.5 Å². The molecule has 24 heavy (non-hydrogen) atoms. The molecule has 6 nitrogen and oxygen atoms in total. The van der Waals surface area contributed by atoms with Crippen molar-refractivity contribution in [3.63, 3.8) is 0 Å². The molecule has 1 fully saturated rings. The van der Waals surface area contributed by atoms with Crippen molar-refractivity contribution in [3.8, 4) is 0 Å². The van der Waals surface area contributed by atoms with Crippen LogP contribution in [0, 0.1) is 0 Å². The number of anilines is 1. The molecule has 1 amide bonds. The maximum atomic E-state index is 12.9. The third-order valence-electron chi connectivity index (χ3n) is 4.57. The number of carbonyl (C=O) groups excluding carboxylic acids is 1. The van der Waals surface area contributed by atoms with E-state index in [-0.39, 0.29) is 11.9 Å². The van der Waals surface area contributed by atoms with Crippen molar-refractivity contribution in [2.24, 2.45) is 7.05 Å². The highest BCUT2D eigenvalue weighted by Crippen LogP contribution is 2.34. The molecule has 1 N–H and O–H groups in total. The fourth-order valence-electron chi connectivity index (χ4n) is 3.37. The number of carbonyl (C=O) groups is 1. The number of hydrogen-bond acceptors (Lipinski definition) is 5. The second-order valence-corrected chi connectivity index (χ2v) is 6.82. The number of nitrogens with one attached hydrogen (secondary N) is 1. The lowest BCUT2D eigenvalue weighted by atomic mass is 10.2. The molecule has 2 aromatic heterocycles. The van der Waals surface area contributed by atoms with Gasteiger partial charge in [0, 0.05) is 26.0 Å². The number of fused-ring (bicyclic) bond motifs is 1. The molecule has 0 spiro atoms. The van der Waals surface area contributed by atoms with Gasteiger partial charge in [-0.1, -0.05) is 12.1 Å². The number of hydrogen-bond donors (Lipinski definition) is 1. The summed E-state index contributed by atoms with van der Waals surface area (Å²) < 4.78 is 2.10. The van der Waals surface area contributed by atoms with Crippen LogP contribution in [0.3, 0.4) is 0 Å². The first-order chi connectivity index (χ1) is 11.7. The van der Waals surface area contributed by atoms with Crippen LogP contribution in [-0.2, 0) is 7.05 Å². The molecule has 4 rings (SSSR count). The second-order valence-electron chi connectivity index (χ2n) is 5.96. The van der Waals surface area contributed by atoms with Gasteiger partial charge in [-0.05, 0) is 25.0 Å². The van der Waals surface area contributed by atoms with Crippen molar-refractivity contribution in [1.82, 2.24) is 19.4 Å². The lowest BCUT2D eigenvalue weighted by Crippen LogP contribution is -2.32. The molecule has 1 saturated heterocycles. The highest BCUT2D eigenvalue weighted by molar-refractivity contribution is 7.13. The summed E-state index contributed by atoms with van der Waals surface area (Å²) in [5.41, 5.74) is 2.58. The van der Waals surface area contributed by atoms with Crippen LogP contribution in [0.15, 0.2) is 29.6 Å². The topological polar surface area (TPSA) is 63.1 Å². The lowest BCUT2D eigenvalue weighted by Gasteiger charge is -2.23. The Morgan fingerprint density at radius 3 is 2.92 bits per heavy atom. The van der Waals surface area contributed by atoms with Crippen LogP contribution in [0.2, 0.25) is 0 Å². The van der Waals surface area contributed by atoms with Gasteiger partial charge in [0.2, 0.25) is 0 Å². The molecule has 7 heteroatoms. The molecular formula is C17H19N5OS. The number of nitrogens with zero attached hydrogens (tertiary/aromatic N) is 4. The highest BCUT2D eigenvalue weighted by atomic mass is 32.1. The van der Waals surface area contributed by atoms with E-state index in [0.29, 0.717) is 5.69 Å². The minimum atomic E-state index is -0.0118. The second kappa shape index (κ2) is 5.90. The van der Waals surface area contributed by atoms with Crippen molar-refractivity contribution in [2.45, 2.75) is 18.9 Å². The van der Waals surface area contributed by atoms with E-state index < -0.39 is 0 Å². The number of likely N-dealkylation sites (tertiary alicyclic amines) is 1. The molecule has 1 aliphatic rings. The van der Waals surface area contributed by atoms with Gasteiger partial charge < -0.3 is 14.8 Å². The van der Waals surface area contributed by atoms with Gasteiger partial charge >= 0.3 is 0 Å². The van der Waals surface area contributed by atoms with Gasteiger partial charge in [-0.15, -0.1) is 11.3 Å². The fourth-order valence-corrected chi connectivity index (χ4v) is 4.02. The lowest BCUT2D eigenvalue weighted by molar-refractivity contribution is 0.0723. The first-order valence-corrected chi connectivity index (χ1v) is 8.92. The summed E-state index contributed by atoms with van der Waals surface area (Å²) in [6, 6.07) is 8.09. The zero-order chi connectivity index (χ0) is 16.7. The Bertz CT molecular complexity index is 899. The summed E-state index contributed by atoms with van der Waals surface area (Å²) in [5, 5.41) is 5.56. The van der Waals surface area contributed by atoms with Crippen LogP contribution in [0.1, 0.15) is 35.2 Å². The summed E-state index contributed by atoms with van der Waals surface area (Å²) in [6.45, 7) is 0.749. The van der Waals surface area contributed by atoms with Gasteiger partial charge in [0.15, 0.2) is 5.13 Å². The number of benzene rings is 1. The maximum absolute atomic E-state index is 12.9. The largest absolute Gasteiger partial charge is 0.365 e. The monoisotopic (exact) mass is 341 g/mol. The highest BCUT2D eigenvalue weighted by Gasteiger charge is 2.34. The predicted octanol–water partition coefficient (Wildman–Crippen LogP) is 3.05. The fraction of sp³-hybridized carbons (Fsp3) is 0.353. The van der Waals surface area contributed by atoms with Crippen molar-refractivity contribution < 1.29 is 4.79 Å². The zero-order valence-electron chi connectivity index (χ0n) is 13.7. The van der Waals surface area contributed by atoms with Crippen LogP contribution in [0.5, 0.6) is 0 Å². The molecule has 1 aromatic carbocycles. The number of imidazole rings is 1. The Morgan fingerprint density at radius 1 is 1.33 bits per heavy atom. The molecule has 3 aromatic rings. The molecule has 1 atom stereocenters. The van der Waals surface area contributed by atoms with Crippen molar-refractivity contribution in [3.05, 3.63) is 41.2 Å². The standard InChI is InChI=1S/C17H19N5OS/c1-18-17-20-12(10-24-17)16(23)22-9-5-8-14(22)15-19-11-6-3-4-7-13(11)21(15)2/h3-4,6-7,10,14H,5,8-9H2,1-2H3,(H,18,20). The number of aromatic nitrogens is 3. The Hall–Kier alpha value is -2.41. The molecule has 1 unspecified atom stereocenters. The summed E-state index contributed by atoms with van der Waals surface area (Å²) in [6.07, 6.45) is 1.93. The Morgan fingerprint density at radius 2 is 2.17 bits per heavy atom. The smallest absolute Gasteiger partial charge is 0.274 e. The Labute approximate surface area is 144 Å². The van der Waals surface area contributed by atoms with Gasteiger partial charge in [-0.25, -0.2) is 9.97 Å². The molecule has 1 aliphatic heterocycles. The molecule has 0 saturated carbocycles. The summed E-state index contributed by atoms with van der Waals surface area (Å²) in [7, 11) is 3.83. The maximum Gasteiger partial charge on any atom is 0.274 e. The zero-order valence-corrected chi connectivity index (χ0v) is 14.5. The number of para-hydroxylation sites is 2. The van der Waals surface area contributed by atoms with E-state index in [0.717, 1.165) is 41.4 Å². The molecule has 0 aliphatic carbocycles. The molecule has 0 radical (unpaired) electrons. The minimum Gasteiger partial charge on any atom is -0.365 e. The normalized spacial score (nSPS) is 17.6. The predicted molar refractivity (Wildman–Crippen MR) is 95.4 cm³/mol. The van der Waals surface area contributed by atoms with E-state index >= 15 is 0 Å². The van der Waals surface area contributed by atoms with Gasteiger partial charge in [0.05, 0.1) is 17.1 Å². The van der Waals surface area contributed by atoms with Crippen LogP contribution >= 0.6 is 11.3 Å². The van der Waals surface area contributed by atoms with E-state index in [1.807, 2.05) is 42.6 Å². The number of amides is 1. The molecule has 124 valence electrons. The molecular weight excluding hydrogens is 322 g/mol. The Kier molecular flexibility index (Phi) is 3.72. The third-order valence-corrected chi connectivity index (χ3v) is 5.43. The van der Waals surface area contributed by atoms with Gasteiger partial charge in [-0.2, -0.15) is 0 Å². The first kappa shape index (κ1) is 15.1. The van der Waals surface area contributed by atoms with Crippen molar-refractivity contribution in [2.75, 3.05) is 18.9 Å². The Balaban J connectivity index is 1.69. The number of aryl methyl sites for hydroxylation is 1. The van der Waals surface area contributed by atoms with Crippen LogP contribution in [0.25, 0.3) is 11.0 Å². The van der Waals surface area contributed by atoms with Crippen molar-refractivity contribution >= 4 is 33.4 Å². The van der Waals surface area contributed by atoms with Crippen LogP contribution < -0.4 is 5.32 Å². The molecule has 3 heterocycles. The van der Waals surface area contributed by atoms with E-state index in [4.69, 9.17) is 4.98 Å². The summed E-state index contributed by atoms with van der Waals surface area (Å²) >= 11 is 1.45. The van der Waals surface area contributed by atoms with Gasteiger partial charge in [-0.3, -0.25) is 4.79 Å². The van der Waals surface area contributed by atoms with E-state index in [1.165, 1.54) is 11.3 Å². The average Bonchev–Trinajstić information content (AvgIpc) is 3.33. The summed E-state index contributed by atoms with van der Waals surface area (Å²) in [4.78, 5) is 23.9. The van der Waals surface area contributed by atoms with Gasteiger partial charge in [0.25, 0.3) is 5.91 Å². The number of thiazole rings is 1. The quantitative estimate of drug-likeness (QED) is 0.795. The van der Waals surface area contributed by atoms with Crippen LogP contribution in [-0.4, -0.2) is 38.9 Å². The van der Waals surface area contributed by atoms with E-state index in [9.17, 15) is 4.79 Å². The first-order valence-electron chi connectivity index (χ1n) is 8.04. The number of rotatable bonds is 3. The minimum absolute atomic E-state index is 0.00892. The average molecular weight is 341 g/mol. The van der Waals surface area contributed by atoms with Crippen LogP contribution in [0.4, 0.5) is 5.13 Å². The SMILES string of the molecule is CNc1nc(C(=O)N2CCCC2c2nc3ccccc3n2C)cs1. The molecule has 0 bridgehead atoms. The van der Waals surface area contributed by atoms with E-state index in [1.54, 1.807) is 0 Å². The third kappa shape index (κ3) is 2.36. The van der Waals surface area contributed by atoms with Crippen molar-refractivity contribution in [1.29, 1.82) is 0 Å². The summed E-state index contributed by atoms with van der Waals surface area (Å²) in [5.74, 6) is 0.938.